The van der Waals surface area contributed by atoms with Gasteiger partial charge in [0.2, 0.25) is 5.91 Å². The lowest BCUT2D eigenvalue weighted by atomic mass is 9.94. The summed E-state index contributed by atoms with van der Waals surface area (Å²) in [4.78, 5) is 53.6. The minimum Gasteiger partial charge on any atom is -0.351 e. The summed E-state index contributed by atoms with van der Waals surface area (Å²) in [5.74, 6) is 0.176. The molecule has 0 fully saturated rings. The van der Waals surface area contributed by atoms with Gasteiger partial charge >= 0.3 is 0 Å². The number of rotatable bonds is 23. The number of hydrogen-bond donors (Lipinski definition) is 3. The van der Waals surface area contributed by atoms with Crippen LogP contribution in [0.1, 0.15) is 168 Å². The Kier molecular flexibility index (Phi) is 27.7. The van der Waals surface area contributed by atoms with E-state index in [-0.39, 0.29) is 55.2 Å². The summed E-state index contributed by atoms with van der Waals surface area (Å²) in [6.45, 7) is 25.9. The largest absolute Gasteiger partial charge is 0.351 e. The topological polar surface area (TPSA) is 108 Å². The molecule has 2 aromatic carbocycles. The monoisotopic (exact) mass is 771 g/mol. The van der Waals surface area contributed by atoms with E-state index < -0.39 is 6.04 Å². The molecule has 3 amide bonds. The number of halogens is 1. The van der Waals surface area contributed by atoms with Crippen LogP contribution in [0.5, 0.6) is 0 Å². The van der Waals surface area contributed by atoms with E-state index in [0.29, 0.717) is 43.6 Å². The van der Waals surface area contributed by atoms with E-state index in [9.17, 15) is 23.6 Å². The van der Waals surface area contributed by atoms with Crippen molar-refractivity contribution in [3.05, 3.63) is 70.5 Å². The molecule has 0 aliphatic rings. The highest BCUT2D eigenvalue weighted by Gasteiger charge is 2.24. The Morgan fingerprint density at radius 1 is 0.800 bits per heavy atom. The smallest absolute Gasteiger partial charge is 0.253 e. The van der Waals surface area contributed by atoms with Gasteiger partial charge in [-0.05, 0) is 106 Å². The number of unbranched alkanes of at least 4 members (excludes halogenated alkanes) is 1. The summed E-state index contributed by atoms with van der Waals surface area (Å²) in [7, 11) is 0. The van der Waals surface area contributed by atoms with Crippen LogP contribution >= 0.6 is 0 Å². The fourth-order valence-electron chi connectivity index (χ4n) is 5.82. The first-order valence-corrected chi connectivity index (χ1v) is 21.2. The van der Waals surface area contributed by atoms with E-state index in [1.807, 2.05) is 52.5 Å². The lowest BCUT2D eigenvalue weighted by molar-refractivity contribution is -0.124. The molecule has 0 aromatic heterocycles. The SMILES string of the molecule is CC.CCC(C)C.CCCCN(CCC)C(=O)c1cccc(C(=O)N[C@H](CCN[C@@H](C)C(=O)N[C@H](CC(C)=O)C(C)CC)Cc2cc(F)cc(CCC)c2)c1.[HH]. The van der Waals surface area contributed by atoms with E-state index >= 15 is 0 Å². The number of nitrogens with one attached hydrogen (secondary N) is 3. The molecule has 0 aliphatic heterocycles. The number of carbonyl (C=O) groups is 4. The maximum atomic E-state index is 14.6. The molecule has 0 saturated heterocycles. The number of nitrogens with zero attached hydrogens (tertiary/aromatic N) is 1. The number of ketones is 1. The van der Waals surface area contributed by atoms with Gasteiger partial charge in [0, 0.05) is 44.1 Å². The van der Waals surface area contributed by atoms with Gasteiger partial charge in [0.1, 0.15) is 11.6 Å². The van der Waals surface area contributed by atoms with E-state index in [1.54, 1.807) is 37.3 Å². The highest BCUT2D eigenvalue weighted by Crippen LogP contribution is 2.16. The van der Waals surface area contributed by atoms with Gasteiger partial charge in [-0.25, -0.2) is 4.39 Å². The zero-order valence-electron chi connectivity index (χ0n) is 36.6. The van der Waals surface area contributed by atoms with Gasteiger partial charge < -0.3 is 20.9 Å². The Bertz CT molecular complexity index is 1400. The summed E-state index contributed by atoms with van der Waals surface area (Å²) < 4.78 is 14.6. The minimum atomic E-state index is -0.522. The number of amides is 3. The zero-order chi connectivity index (χ0) is 41.9. The van der Waals surface area contributed by atoms with Crippen molar-refractivity contribution in [3.8, 4) is 0 Å². The molecule has 9 heteroatoms. The number of Topliss-reactive ketones (excluding diaryl/α,β-unsaturated/α-hetero) is 1. The second-order valence-corrected chi connectivity index (χ2v) is 15.0. The van der Waals surface area contributed by atoms with Crippen molar-refractivity contribution in [2.75, 3.05) is 19.6 Å². The molecule has 2 aromatic rings. The van der Waals surface area contributed by atoms with Gasteiger partial charge in [-0.1, -0.05) is 107 Å². The molecule has 8 nitrogen and oxygen atoms in total. The highest BCUT2D eigenvalue weighted by molar-refractivity contribution is 5.99. The first kappa shape index (κ1) is 51.4. The first-order valence-electron chi connectivity index (χ1n) is 21.2. The Hall–Kier alpha value is -3.59. The summed E-state index contributed by atoms with van der Waals surface area (Å²) in [5.41, 5.74) is 2.55. The number of aryl methyl sites for hydroxylation is 1. The molecule has 0 aliphatic carbocycles. The maximum absolute atomic E-state index is 14.6. The molecule has 4 atom stereocenters. The first-order chi connectivity index (χ1) is 26.2. The van der Waals surface area contributed by atoms with E-state index in [1.165, 1.54) is 19.4 Å². The van der Waals surface area contributed by atoms with Gasteiger partial charge in [-0.3, -0.25) is 19.2 Å². The van der Waals surface area contributed by atoms with Crippen LogP contribution in [0.25, 0.3) is 0 Å². The van der Waals surface area contributed by atoms with E-state index in [2.05, 4.69) is 43.6 Å². The average molecular weight is 771 g/mol. The molecule has 0 spiro atoms. The van der Waals surface area contributed by atoms with Crippen LogP contribution in [0.3, 0.4) is 0 Å². The summed E-state index contributed by atoms with van der Waals surface area (Å²) in [5, 5.41) is 9.42. The lowest BCUT2D eigenvalue weighted by Crippen LogP contribution is -2.49. The van der Waals surface area contributed by atoms with Gasteiger partial charge in [0.15, 0.2) is 0 Å². The molecule has 0 radical (unpaired) electrons. The van der Waals surface area contributed by atoms with Gasteiger partial charge in [-0.15, -0.1) is 0 Å². The van der Waals surface area contributed by atoms with Crippen molar-refractivity contribution in [1.29, 1.82) is 0 Å². The maximum Gasteiger partial charge on any atom is 0.253 e. The van der Waals surface area contributed by atoms with Gasteiger partial charge in [0.25, 0.3) is 11.8 Å². The van der Waals surface area contributed by atoms with Gasteiger partial charge in [-0.2, -0.15) is 0 Å². The number of hydrogen-bond acceptors (Lipinski definition) is 5. The van der Waals surface area contributed by atoms with Crippen LogP contribution in [0.2, 0.25) is 0 Å². The third-order valence-electron chi connectivity index (χ3n) is 9.63. The molecule has 0 saturated carbocycles. The number of benzene rings is 2. The summed E-state index contributed by atoms with van der Waals surface area (Å²) >= 11 is 0. The molecule has 1 unspecified atom stereocenters. The van der Waals surface area contributed by atoms with Crippen LogP contribution in [-0.2, 0) is 22.4 Å². The Morgan fingerprint density at radius 3 is 2.00 bits per heavy atom. The fourth-order valence-corrected chi connectivity index (χ4v) is 5.82. The Morgan fingerprint density at radius 2 is 1.44 bits per heavy atom. The van der Waals surface area contributed by atoms with Crippen LogP contribution in [0, 0.1) is 17.7 Å². The molecule has 0 heterocycles. The van der Waals surface area contributed by atoms with Crippen molar-refractivity contribution in [1.82, 2.24) is 20.9 Å². The number of carbonyl (C=O) groups excluding carboxylic acids is 4. The second kappa shape index (κ2) is 29.7. The molecule has 2 rings (SSSR count). The van der Waals surface area contributed by atoms with Crippen molar-refractivity contribution in [2.24, 2.45) is 11.8 Å². The van der Waals surface area contributed by atoms with E-state index in [0.717, 1.165) is 55.6 Å². The third kappa shape index (κ3) is 21.3. The molecule has 0 bridgehead atoms. The zero-order valence-corrected chi connectivity index (χ0v) is 36.6. The summed E-state index contributed by atoms with van der Waals surface area (Å²) in [6, 6.07) is 10.7. The van der Waals surface area contributed by atoms with Crippen LogP contribution in [-0.4, -0.2) is 66.2 Å². The minimum absolute atomic E-state index is 0. The van der Waals surface area contributed by atoms with Crippen molar-refractivity contribution in [3.63, 3.8) is 0 Å². The van der Waals surface area contributed by atoms with Crippen LogP contribution < -0.4 is 16.0 Å². The summed E-state index contributed by atoms with van der Waals surface area (Å²) in [6.07, 6.45) is 7.71. The molecular formula is C46H79FN4O4. The van der Waals surface area contributed by atoms with Crippen molar-refractivity contribution >= 4 is 23.5 Å². The predicted octanol–water partition coefficient (Wildman–Crippen LogP) is 9.97. The lowest BCUT2D eigenvalue weighted by Gasteiger charge is -2.26. The Labute approximate surface area is 336 Å². The van der Waals surface area contributed by atoms with Crippen LogP contribution in [0.15, 0.2) is 42.5 Å². The van der Waals surface area contributed by atoms with Crippen molar-refractivity contribution in [2.45, 2.75) is 165 Å². The van der Waals surface area contributed by atoms with Crippen LogP contribution in [0.4, 0.5) is 4.39 Å². The molecule has 3 N–H and O–H groups in total. The normalized spacial score (nSPS) is 12.9. The van der Waals surface area contributed by atoms with Gasteiger partial charge in [0.05, 0.1) is 6.04 Å². The highest BCUT2D eigenvalue weighted by atomic mass is 19.1. The van der Waals surface area contributed by atoms with Crippen molar-refractivity contribution < 1.29 is 25.0 Å². The fraction of sp³-hybridized carbons (Fsp3) is 0.652. The van der Waals surface area contributed by atoms with E-state index in [4.69, 9.17) is 0 Å². The standard InChI is InChI=1S/C39H59FN4O4.C5H12.C2H6.H2/c1-8-12-20-44(19-10-3)39(48)33-16-13-15-32(26-33)38(47)42-35(25-31-22-30(14-9-2)23-34(40)24-31)17-18-41-29(7)37(46)43-36(21-28(6)45)27(5)11-4;1-4-5(2)3;1-2;/h13,15-16,22-24,26-27,29,35-36,41H,8-12,14,17-21,25H2,1-7H3,(H,42,47)(H,43,46);5H,4H2,1-3H3;1-2H3;1H/t27?,29-,35+,36+;;;/m0.../s1. The predicted molar refractivity (Wildman–Crippen MR) is 230 cm³/mol. The second-order valence-electron chi connectivity index (χ2n) is 15.0. The quantitative estimate of drug-likeness (QED) is 0.104. The third-order valence-corrected chi connectivity index (χ3v) is 9.63. The molecule has 55 heavy (non-hydrogen) atoms. The molecule has 314 valence electrons. The molecular weight excluding hydrogens is 692 g/mol. The Balaban J connectivity index is 0. The average Bonchev–Trinajstić information content (AvgIpc) is 3.16.